The summed E-state index contributed by atoms with van der Waals surface area (Å²) in [5.74, 6) is 2.64. The highest BCUT2D eigenvalue weighted by atomic mass is 15.1. The Balaban J connectivity index is 0.894. The molecule has 6 heteroatoms. The molecule has 2 saturated heterocycles. The van der Waals surface area contributed by atoms with Crippen molar-refractivity contribution < 1.29 is 0 Å². The Morgan fingerprint density at radius 2 is 1.13 bits per heavy atom. The van der Waals surface area contributed by atoms with E-state index < -0.39 is 0 Å². The normalized spacial score (nSPS) is 16.6. The van der Waals surface area contributed by atoms with Gasteiger partial charge in [0.2, 0.25) is 0 Å². The Kier molecular flexibility index (Phi) is 11.7. The van der Waals surface area contributed by atoms with Gasteiger partial charge in [0.05, 0.1) is 0 Å². The van der Waals surface area contributed by atoms with Gasteiger partial charge in [-0.25, -0.2) is 19.9 Å². The molecule has 0 aliphatic carbocycles. The molecule has 0 bridgehead atoms. The summed E-state index contributed by atoms with van der Waals surface area (Å²) in [7, 11) is 0. The second-order valence-corrected chi connectivity index (χ2v) is 13.0. The van der Waals surface area contributed by atoms with Gasteiger partial charge in [-0.15, -0.1) is 0 Å². The number of likely N-dealkylation sites (tertiary alicyclic amines) is 2. The van der Waals surface area contributed by atoms with Crippen molar-refractivity contribution in [2.45, 2.75) is 83.0 Å². The quantitative estimate of drug-likeness (QED) is 0.161. The van der Waals surface area contributed by atoms with Gasteiger partial charge in [-0.3, -0.25) is 0 Å². The van der Waals surface area contributed by atoms with E-state index in [4.69, 9.17) is 9.97 Å². The van der Waals surface area contributed by atoms with Crippen LogP contribution in [0.4, 0.5) is 0 Å². The lowest BCUT2D eigenvalue weighted by molar-refractivity contribution is 0.213. The lowest BCUT2D eigenvalue weighted by Crippen LogP contribution is -2.34. The standard InChI is InChI=1S/C39H50N6/c1-3-8-32(9-4-1)10-7-11-36-18-24-40-38(42-36)23-31-45-28-20-35(21-29-45)34-15-12-33(13-16-34)14-17-37-19-25-41-39(43-37)22-30-44-26-5-2-6-27-44/h1,3-4,8-9,12-13,15-16,18-19,24-25,35H,2,5-7,10-11,14,17,20-23,26-31H2. The molecule has 0 N–H and O–H groups in total. The van der Waals surface area contributed by atoms with Gasteiger partial charge < -0.3 is 9.80 Å². The van der Waals surface area contributed by atoms with Crippen molar-refractivity contribution in [3.8, 4) is 0 Å². The van der Waals surface area contributed by atoms with E-state index in [2.05, 4.69) is 86.5 Å². The van der Waals surface area contributed by atoms with Crippen molar-refractivity contribution in [1.82, 2.24) is 29.7 Å². The molecule has 0 atom stereocenters. The maximum atomic E-state index is 4.88. The van der Waals surface area contributed by atoms with Crippen LogP contribution in [0.3, 0.4) is 0 Å². The van der Waals surface area contributed by atoms with Crippen LogP contribution in [0, 0.1) is 0 Å². The van der Waals surface area contributed by atoms with Gasteiger partial charge in [-0.2, -0.15) is 0 Å². The van der Waals surface area contributed by atoms with E-state index in [0.29, 0.717) is 5.92 Å². The number of aryl methyl sites for hydroxylation is 4. The molecule has 2 aromatic heterocycles. The maximum absolute atomic E-state index is 4.88. The summed E-state index contributed by atoms with van der Waals surface area (Å²) in [5, 5.41) is 0. The first kappa shape index (κ1) is 31.5. The molecule has 4 aromatic rings. The fraction of sp³-hybridized carbons (Fsp3) is 0.487. The number of nitrogens with zero attached hydrogens (tertiary/aromatic N) is 6. The van der Waals surface area contributed by atoms with Gasteiger partial charge in [0.25, 0.3) is 0 Å². The van der Waals surface area contributed by atoms with E-state index in [-0.39, 0.29) is 0 Å². The molecular formula is C39H50N6. The maximum Gasteiger partial charge on any atom is 0.129 e. The van der Waals surface area contributed by atoms with Crippen molar-refractivity contribution in [3.05, 3.63) is 119 Å². The first-order chi connectivity index (χ1) is 22.3. The fourth-order valence-electron chi connectivity index (χ4n) is 6.94. The molecule has 0 unspecified atom stereocenters. The number of hydrogen-bond donors (Lipinski definition) is 0. The molecule has 0 spiro atoms. The van der Waals surface area contributed by atoms with Crippen LogP contribution in [0.15, 0.2) is 79.1 Å². The van der Waals surface area contributed by atoms with Crippen LogP contribution in [0.25, 0.3) is 0 Å². The smallest absolute Gasteiger partial charge is 0.129 e. The molecule has 2 fully saturated rings. The monoisotopic (exact) mass is 602 g/mol. The van der Waals surface area contributed by atoms with Gasteiger partial charge in [0.15, 0.2) is 0 Å². The van der Waals surface area contributed by atoms with Crippen LogP contribution in [-0.2, 0) is 38.5 Å². The zero-order chi connectivity index (χ0) is 30.5. The van der Waals surface area contributed by atoms with Crippen molar-refractivity contribution >= 4 is 0 Å². The summed E-state index contributed by atoms with van der Waals surface area (Å²) in [5.41, 5.74) is 6.62. The third kappa shape index (κ3) is 10.0. The molecular weight excluding hydrogens is 552 g/mol. The summed E-state index contributed by atoms with van der Waals surface area (Å²) in [6.07, 6.45) is 17.5. The first-order valence-corrected chi connectivity index (χ1v) is 17.5. The van der Waals surface area contributed by atoms with Crippen LogP contribution in [0.1, 0.15) is 84.2 Å². The van der Waals surface area contributed by atoms with Crippen LogP contribution < -0.4 is 0 Å². The number of benzene rings is 2. The molecule has 0 saturated carbocycles. The predicted molar refractivity (Wildman–Crippen MR) is 182 cm³/mol. The molecule has 6 rings (SSSR count). The minimum atomic E-state index is 0.656. The topological polar surface area (TPSA) is 58.0 Å². The summed E-state index contributed by atoms with van der Waals surface area (Å²) >= 11 is 0. The molecule has 236 valence electrons. The summed E-state index contributed by atoms with van der Waals surface area (Å²) in [4.78, 5) is 24.0. The second kappa shape index (κ2) is 16.7. The largest absolute Gasteiger partial charge is 0.303 e. The third-order valence-electron chi connectivity index (χ3n) is 9.73. The molecule has 2 aliphatic heterocycles. The minimum absolute atomic E-state index is 0.656. The number of hydrogen-bond acceptors (Lipinski definition) is 6. The second-order valence-electron chi connectivity index (χ2n) is 13.0. The highest BCUT2D eigenvalue weighted by molar-refractivity contribution is 5.26. The Bertz CT molecular complexity index is 1430. The Morgan fingerprint density at radius 1 is 0.533 bits per heavy atom. The Labute approximate surface area is 270 Å². The Morgan fingerprint density at radius 3 is 1.80 bits per heavy atom. The van der Waals surface area contributed by atoms with Crippen molar-refractivity contribution in [1.29, 1.82) is 0 Å². The zero-order valence-electron chi connectivity index (χ0n) is 27.0. The molecule has 2 aliphatic rings. The highest BCUT2D eigenvalue weighted by Crippen LogP contribution is 2.28. The minimum Gasteiger partial charge on any atom is -0.303 e. The average molecular weight is 603 g/mol. The van der Waals surface area contributed by atoms with Crippen molar-refractivity contribution in [2.75, 3.05) is 39.3 Å². The summed E-state index contributed by atoms with van der Waals surface area (Å²) in [6.45, 7) is 6.89. The van der Waals surface area contributed by atoms with Crippen LogP contribution >= 0.6 is 0 Å². The van der Waals surface area contributed by atoms with Crippen LogP contribution in [-0.4, -0.2) is 69.0 Å². The van der Waals surface area contributed by atoms with Gasteiger partial charge in [-0.05, 0) is 119 Å². The lowest BCUT2D eigenvalue weighted by atomic mass is 9.88. The molecule has 4 heterocycles. The average Bonchev–Trinajstić information content (AvgIpc) is 3.11. The first-order valence-electron chi connectivity index (χ1n) is 17.5. The fourth-order valence-corrected chi connectivity index (χ4v) is 6.94. The van der Waals surface area contributed by atoms with Crippen LogP contribution in [0.2, 0.25) is 0 Å². The van der Waals surface area contributed by atoms with E-state index in [0.717, 1.165) is 88.5 Å². The number of rotatable bonds is 14. The predicted octanol–water partition coefficient (Wildman–Crippen LogP) is 6.68. The SMILES string of the molecule is c1ccc(CCCc2ccnc(CCN3CCC(c4ccc(CCc5ccnc(CCN6CCCCC6)n5)cc4)CC3)n2)cc1. The van der Waals surface area contributed by atoms with E-state index in [1.54, 1.807) is 0 Å². The number of piperidine rings is 2. The van der Waals surface area contributed by atoms with Gasteiger partial charge >= 0.3 is 0 Å². The zero-order valence-corrected chi connectivity index (χ0v) is 27.0. The molecule has 2 aromatic carbocycles. The van der Waals surface area contributed by atoms with Gasteiger partial charge in [-0.1, -0.05) is 61.0 Å². The van der Waals surface area contributed by atoms with Crippen LogP contribution in [0.5, 0.6) is 0 Å². The molecule has 6 nitrogen and oxygen atoms in total. The molecule has 45 heavy (non-hydrogen) atoms. The van der Waals surface area contributed by atoms with Gasteiger partial charge in [0.1, 0.15) is 11.6 Å². The van der Waals surface area contributed by atoms with E-state index >= 15 is 0 Å². The molecule has 0 radical (unpaired) electrons. The highest BCUT2D eigenvalue weighted by Gasteiger charge is 2.21. The van der Waals surface area contributed by atoms with E-state index in [1.165, 1.54) is 67.6 Å². The van der Waals surface area contributed by atoms with E-state index in [9.17, 15) is 0 Å². The van der Waals surface area contributed by atoms with Crippen molar-refractivity contribution in [2.24, 2.45) is 0 Å². The summed E-state index contributed by atoms with van der Waals surface area (Å²) in [6, 6.07) is 24.3. The Hall–Kier alpha value is -3.48. The number of aromatic nitrogens is 4. The summed E-state index contributed by atoms with van der Waals surface area (Å²) < 4.78 is 0. The third-order valence-corrected chi connectivity index (χ3v) is 9.73. The lowest BCUT2D eigenvalue weighted by Gasteiger charge is -2.32. The van der Waals surface area contributed by atoms with Gasteiger partial charge in [0, 0.05) is 49.7 Å². The molecule has 0 amide bonds. The van der Waals surface area contributed by atoms with E-state index in [1.807, 2.05) is 12.4 Å². The van der Waals surface area contributed by atoms with Crippen molar-refractivity contribution in [3.63, 3.8) is 0 Å².